The predicted molar refractivity (Wildman–Crippen MR) is 75.8 cm³/mol. The van der Waals surface area contributed by atoms with Gasteiger partial charge in [0.2, 0.25) is 11.9 Å². The van der Waals surface area contributed by atoms with Crippen molar-refractivity contribution < 1.29 is 4.79 Å². The average molecular weight is 278 g/mol. The molecule has 0 radical (unpaired) electrons. The first-order valence-electron chi connectivity index (χ1n) is 6.28. The number of hydrogen-bond donors (Lipinski definition) is 5. The monoisotopic (exact) mass is 278 g/mol. The number of carbonyl (C=O) groups is 1. The van der Waals surface area contributed by atoms with Crippen LogP contribution in [0.25, 0.3) is 11.0 Å². The highest BCUT2D eigenvalue weighted by molar-refractivity contribution is 5.89. The van der Waals surface area contributed by atoms with Crippen LogP contribution in [0.2, 0.25) is 0 Å². The Labute approximate surface area is 115 Å². The van der Waals surface area contributed by atoms with E-state index in [1.807, 2.05) is 13.8 Å². The number of aromatic amines is 1. The van der Waals surface area contributed by atoms with Gasteiger partial charge in [-0.3, -0.25) is 15.3 Å². The summed E-state index contributed by atoms with van der Waals surface area (Å²) in [6.45, 7) is 4.83. The second-order valence-electron chi connectivity index (χ2n) is 4.72. The molecule has 0 aromatic carbocycles. The molecule has 9 heteroatoms. The molecule has 0 aliphatic carbocycles. The normalized spacial score (nSPS) is 10.8. The number of rotatable bonds is 6. The van der Waals surface area contributed by atoms with Crippen molar-refractivity contribution in [2.45, 2.75) is 13.8 Å². The fourth-order valence-electron chi connectivity index (χ4n) is 1.58. The lowest BCUT2D eigenvalue weighted by Crippen LogP contribution is -2.32. The van der Waals surface area contributed by atoms with Crippen molar-refractivity contribution in [3.8, 4) is 0 Å². The van der Waals surface area contributed by atoms with E-state index in [2.05, 4.69) is 36.2 Å². The van der Waals surface area contributed by atoms with E-state index in [4.69, 9.17) is 5.84 Å². The Balaban J connectivity index is 2.05. The summed E-state index contributed by atoms with van der Waals surface area (Å²) in [6.07, 6.45) is 1.59. The summed E-state index contributed by atoms with van der Waals surface area (Å²) in [5.74, 6) is 6.35. The minimum Gasteiger partial charge on any atom is -0.360 e. The van der Waals surface area contributed by atoms with E-state index in [9.17, 15) is 4.79 Å². The average Bonchev–Trinajstić information content (AvgIpc) is 2.90. The van der Waals surface area contributed by atoms with Gasteiger partial charge >= 0.3 is 0 Å². The van der Waals surface area contributed by atoms with Crippen LogP contribution in [0, 0.1) is 5.92 Å². The SMILES string of the molecule is CC(C)CNC(=O)CNc1nc(NN)nc2[nH]ncc12. The molecular formula is C11H18N8O. The van der Waals surface area contributed by atoms with Gasteiger partial charge in [-0.1, -0.05) is 13.8 Å². The van der Waals surface area contributed by atoms with E-state index < -0.39 is 0 Å². The van der Waals surface area contributed by atoms with Crippen molar-refractivity contribution in [3.63, 3.8) is 0 Å². The maximum absolute atomic E-state index is 11.7. The van der Waals surface area contributed by atoms with Gasteiger partial charge in [-0.05, 0) is 5.92 Å². The van der Waals surface area contributed by atoms with E-state index in [-0.39, 0.29) is 18.4 Å². The van der Waals surface area contributed by atoms with Gasteiger partial charge in [-0.2, -0.15) is 15.1 Å². The van der Waals surface area contributed by atoms with Crippen LogP contribution in [0.15, 0.2) is 6.20 Å². The van der Waals surface area contributed by atoms with Crippen molar-refractivity contribution in [1.29, 1.82) is 0 Å². The number of hydrazine groups is 1. The van der Waals surface area contributed by atoms with Crippen LogP contribution < -0.4 is 21.9 Å². The zero-order valence-corrected chi connectivity index (χ0v) is 11.4. The number of nitrogen functional groups attached to an aromatic ring is 1. The minimum atomic E-state index is -0.101. The lowest BCUT2D eigenvalue weighted by atomic mass is 10.2. The van der Waals surface area contributed by atoms with Crippen molar-refractivity contribution in [2.75, 3.05) is 23.8 Å². The molecule has 0 fully saturated rings. The number of carbonyl (C=O) groups excluding carboxylic acids is 1. The molecule has 2 rings (SSSR count). The van der Waals surface area contributed by atoms with Gasteiger partial charge in [0.15, 0.2) is 5.65 Å². The van der Waals surface area contributed by atoms with Crippen LogP contribution in [0.4, 0.5) is 11.8 Å². The molecule has 0 unspecified atom stereocenters. The topological polar surface area (TPSA) is 134 Å². The minimum absolute atomic E-state index is 0.101. The maximum atomic E-state index is 11.7. The number of fused-ring (bicyclic) bond motifs is 1. The maximum Gasteiger partial charge on any atom is 0.241 e. The third-order valence-electron chi connectivity index (χ3n) is 2.56. The van der Waals surface area contributed by atoms with Crippen LogP contribution >= 0.6 is 0 Å². The summed E-state index contributed by atoms with van der Waals surface area (Å²) in [5.41, 5.74) is 2.91. The number of H-pyrrole nitrogens is 1. The highest BCUT2D eigenvalue weighted by Crippen LogP contribution is 2.18. The number of nitrogens with zero attached hydrogens (tertiary/aromatic N) is 3. The van der Waals surface area contributed by atoms with E-state index in [1.54, 1.807) is 6.20 Å². The standard InChI is InChI=1S/C11H18N8O/c1-6(2)3-13-8(20)5-14-9-7-4-15-19-10(7)17-11(16-9)18-12/h4,6H,3,5,12H2,1-2H3,(H,13,20)(H3,14,15,16,17,18,19). The molecule has 108 valence electrons. The third kappa shape index (κ3) is 3.32. The summed E-state index contributed by atoms with van der Waals surface area (Å²) >= 11 is 0. The molecule has 0 aliphatic heterocycles. The van der Waals surface area contributed by atoms with Gasteiger partial charge in [-0.15, -0.1) is 0 Å². The molecule has 0 aliphatic rings. The molecule has 0 bridgehead atoms. The van der Waals surface area contributed by atoms with Gasteiger partial charge in [-0.25, -0.2) is 5.84 Å². The number of nitrogens with two attached hydrogens (primary N) is 1. The Bertz CT molecular complexity index is 593. The zero-order valence-electron chi connectivity index (χ0n) is 11.4. The number of nitrogens with one attached hydrogen (secondary N) is 4. The molecule has 0 saturated carbocycles. The number of amides is 1. The van der Waals surface area contributed by atoms with E-state index in [0.29, 0.717) is 29.3 Å². The Morgan fingerprint density at radius 3 is 2.95 bits per heavy atom. The molecule has 2 heterocycles. The third-order valence-corrected chi connectivity index (χ3v) is 2.56. The van der Waals surface area contributed by atoms with E-state index in [0.717, 1.165) is 0 Å². The molecule has 0 saturated heterocycles. The first-order chi connectivity index (χ1) is 9.60. The predicted octanol–water partition coefficient (Wildman–Crippen LogP) is -0.177. The molecule has 0 spiro atoms. The smallest absolute Gasteiger partial charge is 0.241 e. The van der Waals surface area contributed by atoms with Crippen LogP contribution in [0.5, 0.6) is 0 Å². The first-order valence-corrected chi connectivity index (χ1v) is 6.28. The van der Waals surface area contributed by atoms with Gasteiger partial charge in [0, 0.05) is 6.54 Å². The van der Waals surface area contributed by atoms with Gasteiger partial charge in [0.05, 0.1) is 18.1 Å². The Kier molecular flexibility index (Phi) is 4.31. The highest BCUT2D eigenvalue weighted by Gasteiger charge is 2.10. The highest BCUT2D eigenvalue weighted by atomic mass is 16.1. The van der Waals surface area contributed by atoms with Gasteiger partial charge < -0.3 is 10.6 Å². The summed E-state index contributed by atoms with van der Waals surface area (Å²) in [4.78, 5) is 19.9. The van der Waals surface area contributed by atoms with Crippen LogP contribution in [-0.2, 0) is 4.79 Å². The fraction of sp³-hybridized carbons (Fsp3) is 0.455. The van der Waals surface area contributed by atoms with Crippen molar-refractivity contribution in [1.82, 2.24) is 25.5 Å². The molecule has 20 heavy (non-hydrogen) atoms. The molecule has 9 nitrogen and oxygen atoms in total. The largest absolute Gasteiger partial charge is 0.360 e. The van der Waals surface area contributed by atoms with Gasteiger partial charge in [0.1, 0.15) is 5.82 Å². The van der Waals surface area contributed by atoms with Gasteiger partial charge in [0.25, 0.3) is 0 Å². The second kappa shape index (κ2) is 6.15. The molecule has 1 amide bonds. The molecule has 2 aromatic rings. The van der Waals surface area contributed by atoms with Crippen LogP contribution in [-0.4, -0.2) is 39.2 Å². The van der Waals surface area contributed by atoms with E-state index in [1.165, 1.54) is 0 Å². The van der Waals surface area contributed by atoms with Crippen molar-refractivity contribution >= 4 is 28.7 Å². The quantitative estimate of drug-likeness (QED) is 0.365. The first kappa shape index (κ1) is 14.0. The zero-order chi connectivity index (χ0) is 14.5. The molecule has 0 atom stereocenters. The van der Waals surface area contributed by atoms with Crippen molar-refractivity contribution in [3.05, 3.63) is 6.20 Å². The molecular weight excluding hydrogens is 260 g/mol. The second-order valence-corrected chi connectivity index (χ2v) is 4.72. The summed E-state index contributed by atoms with van der Waals surface area (Å²) in [7, 11) is 0. The van der Waals surface area contributed by atoms with Crippen LogP contribution in [0.3, 0.4) is 0 Å². The summed E-state index contributed by atoms with van der Waals surface area (Å²) in [6, 6.07) is 0. The van der Waals surface area contributed by atoms with E-state index >= 15 is 0 Å². The van der Waals surface area contributed by atoms with Crippen LogP contribution in [0.1, 0.15) is 13.8 Å². The summed E-state index contributed by atoms with van der Waals surface area (Å²) < 4.78 is 0. The Morgan fingerprint density at radius 1 is 1.45 bits per heavy atom. The number of aromatic nitrogens is 4. The fourth-order valence-corrected chi connectivity index (χ4v) is 1.58. The van der Waals surface area contributed by atoms with Crippen molar-refractivity contribution in [2.24, 2.45) is 11.8 Å². The molecule has 6 N–H and O–H groups in total. The molecule has 2 aromatic heterocycles. The number of anilines is 2. The lowest BCUT2D eigenvalue weighted by Gasteiger charge is -2.10. The summed E-state index contributed by atoms with van der Waals surface area (Å²) in [5, 5.41) is 13.1. The Hall–Kier alpha value is -2.42. The lowest BCUT2D eigenvalue weighted by molar-refractivity contribution is -0.119. The number of hydrogen-bond acceptors (Lipinski definition) is 7. The Morgan fingerprint density at radius 2 is 2.25 bits per heavy atom.